The maximum absolute atomic E-state index is 12.9. The van der Waals surface area contributed by atoms with E-state index in [2.05, 4.69) is 15.4 Å². The lowest BCUT2D eigenvalue weighted by molar-refractivity contribution is 0.101. The fraction of sp³-hybridized carbons (Fsp3) is 0.0870. The molecule has 0 unspecified atom stereocenters. The van der Waals surface area contributed by atoms with Crippen LogP contribution in [-0.2, 0) is 0 Å². The normalized spacial score (nSPS) is 10.7. The molecule has 1 N–H and O–H groups in total. The molecule has 0 atom stereocenters. The molecule has 4 aromatic rings. The average Bonchev–Trinajstić information content (AvgIpc) is 3.21. The smallest absolute Gasteiger partial charge is 0.295 e. The highest BCUT2D eigenvalue weighted by atomic mass is 35.5. The van der Waals surface area contributed by atoms with Crippen molar-refractivity contribution in [2.24, 2.45) is 0 Å². The maximum atomic E-state index is 12.9. The highest BCUT2D eigenvalue weighted by Crippen LogP contribution is 2.27. The Morgan fingerprint density at radius 3 is 2.58 bits per heavy atom. The van der Waals surface area contributed by atoms with E-state index >= 15 is 0 Å². The zero-order valence-corrected chi connectivity index (χ0v) is 18.3. The Morgan fingerprint density at radius 1 is 1.03 bits per heavy atom. The number of aromatic nitrogens is 3. The van der Waals surface area contributed by atoms with Gasteiger partial charge in [-0.25, -0.2) is 9.67 Å². The molecule has 4 rings (SSSR count). The van der Waals surface area contributed by atoms with E-state index in [-0.39, 0.29) is 5.82 Å². The number of nitrogens with one attached hydrogen (secondary N) is 1. The van der Waals surface area contributed by atoms with Gasteiger partial charge in [-0.3, -0.25) is 4.79 Å². The molecule has 0 aliphatic heterocycles. The molecule has 0 spiro atoms. The van der Waals surface area contributed by atoms with Gasteiger partial charge in [0.25, 0.3) is 5.91 Å². The number of rotatable bonds is 5. The minimum atomic E-state index is -0.450. The Balaban J connectivity index is 1.77. The molecule has 156 valence electrons. The summed E-state index contributed by atoms with van der Waals surface area (Å²) in [6.07, 6.45) is 0. The van der Waals surface area contributed by atoms with Crippen LogP contribution in [0.2, 0.25) is 10.0 Å². The second-order valence-electron chi connectivity index (χ2n) is 6.80. The summed E-state index contributed by atoms with van der Waals surface area (Å²) >= 11 is 12.5. The number of benzene rings is 3. The first-order valence-corrected chi connectivity index (χ1v) is 10.1. The molecule has 0 aliphatic rings. The van der Waals surface area contributed by atoms with Crippen LogP contribution in [0.1, 0.15) is 16.2 Å². The van der Waals surface area contributed by atoms with Crippen LogP contribution in [0.5, 0.6) is 5.75 Å². The predicted octanol–water partition coefficient (Wildman–Crippen LogP) is 5.81. The molecule has 0 fully saturated rings. The van der Waals surface area contributed by atoms with Gasteiger partial charge in [0, 0.05) is 27.4 Å². The number of hydrogen-bond donors (Lipinski definition) is 1. The van der Waals surface area contributed by atoms with Crippen molar-refractivity contribution in [2.75, 3.05) is 12.4 Å². The van der Waals surface area contributed by atoms with E-state index in [1.54, 1.807) is 54.3 Å². The zero-order chi connectivity index (χ0) is 22.0. The molecule has 0 bridgehead atoms. The summed E-state index contributed by atoms with van der Waals surface area (Å²) in [4.78, 5) is 17.4. The van der Waals surface area contributed by atoms with Crippen molar-refractivity contribution in [2.45, 2.75) is 6.92 Å². The van der Waals surface area contributed by atoms with Crippen molar-refractivity contribution in [3.63, 3.8) is 0 Å². The highest BCUT2D eigenvalue weighted by Gasteiger charge is 2.20. The van der Waals surface area contributed by atoms with Crippen LogP contribution in [0.4, 0.5) is 5.69 Å². The lowest BCUT2D eigenvalue weighted by atomic mass is 10.2. The van der Waals surface area contributed by atoms with Crippen LogP contribution in [0, 0.1) is 6.92 Å². The molecule has 8 heteroatoms. The first-order chi connectivity index (χ1) is 14.9. The first-order valence-electron chi connectivity index (χ1n) is 9.39. The van der Waals surface area contributed by atoms with E-state index < -0.39 is 5.91 Å². The third kappa shape index (κ3) is 4.55. The van der Waals surface area contributed by atoms with Gasteiger partial charge < -0.3 is 10.1 Å². The second-order valence-corrected chi connectivity index (χ2v) is 7.64. The maximum Gasteiger partial charge on any atom is 0.295 e. The Labute approximate surface area is 189 Å². The van der Waals surface area contributed by atoms with Crippen molar-refractivity contribution in [1.82, 2.24) is 14.8 Å². The van der Waals surface area contributed by atoms with E-state index in [0.717, 1.165) is 11.1 Å². The number of amides is 1. The van der Waals surface area contributed by atoms with Crippen molar-refractivity contribution in [1.29, 1.82) is 0 Å². The van der Waals surface area contributed by atoms with Gasteiger partial charge in [0.1, 0.15) is 5.75 Å². The number of anilines is 1. The van der Waals surface area contributed by atoms with E-state index in [0.29, 0.717) is 33.0 Å². The van der Waals surface area contributed by atoms with Gasteiger partial charge in [-0.05, 0) is 48.9 Å². The first kappa shape index (κ1) is 20.9. The lowest BCUT2D eigenvalue weighted by Gasteiger charge is -2.08. The van der Waals surface area contributed by atoms with Gasteiger partial charge >= 0.3 is 0 Å². The van der Waals surface area contributed by atoms with Crippen LogP contribution < -0.4 is 10.1 Å². The molecule has 31 heavy (non-hydrogen) atoms. The molecule has 6 nitrogen and oxygen atoms in total. The number of methoxy groups -OCH3 is 1. The van der Waals surface area contributed by atoms with E-state index in [4.69, 9.17) is 27.9 Å². The third-order valence-electron chi connectivity index (χ3n) is 4.62. The fourth-order valence-electron chi connectivity index (χ4n) is 3.00. The van der Waals surface area contributed by atoms with Gasteiger partial charge in [0.05, 0.1) is 12.8 Å². The van der Waals surface area contributed by atoms with Crippen LogP contribution in [-0.4, -0.2) is 27.8 Å². The molecule has 1 aromatic heterocycles. The van der Waals surface area contributed by atoms with Gasteiger partial charge in [0.2, 0.25) is 5.82 Å². The summed E-state index contributed by atoms with van der Waals surface area (Å²) in [5.74, 6) is 0.659. The van der Waals surface area contributed by atoms with Gasteiger partial charge in [-0.15, -0.1) is 5.10 Å². The fourth-order valence-corrected chi connectivity index (χ4v) is 3.37. The van der Waals surface area contributed by atoms with E-state index in [1.807, 2.05) is 31.2 Å². The minimum Gasteiger partial charge on any atom is -0.497 e. The van der Waals surface area contributed by atoms with E-state index in [9.17, 15) is 4.79 Å². The number of hydrogen-bond acceptors (Lipinski definition) is 4. The lowest BCUT2D eigenvalue weighted by Crippen LogP contribution is -2.14. The molecule has 1 amide bonds. The monoisotopic (exact) mass is 452 g/mol. The molecular weight excluding hydrogens is 435 g/mol. The van der Waals surface area contributed by atoms with E-state index in [1.165, 1.54) is 0 Å². The number of carbonyl (C=O) groups is 1. The highest BCUT2D eigenvalue weighted by molar-refractivity contribution is 6.31. The zero-order valence-electron chi connectivity index (χ0n) is 16.8. The summed E-state index contributed by atoms with van der Waals surface area (Å²) in [6.45, 7) is 1.92. The van der Waals surface area contributed by atoms with Gasteiger partial charge in [-0.1, -0.05) is 47.5 Å². The molecule has 1 heterocycles. The predicted molar refractivity (Wildman–Crippen MR) is 122 cm³/mol. The Kier molecular flexibility index (Phi) is 5.93. The molecule has 3 aromatic carbocycles. The van der Waals surface area contributed by atoms with Crippen molar-refractivity contribution < 1.29 is 9.53 Å². The molecular formula is C23H18Cl2N4O2. The number of halogens is 2. The van der Waals surface area contributed by atoms with Crippen molar-refractivity contribution in [3.05, 3.63) is 88.2 Å². The average molecular weight is 453 g/mol. The molecule has 0 radical (unpaired) electrons. The van der Waals surface area contributed by atoms with Crippen LogP contribution >= 0.6 is 23.2 Å². The topological polar surface area (TPSA) is 69.0 Å². The summed E-state index contributed by atoms with van der Waals surface area (Å²) in [6, 6.07) is 19.8. The SMILES string of the molecule is COc1cccc(NC(=O)c2nc(-c3cccc(Cl)c3)n(-c3ccc(C)c(Cl)c3)n2)c1. The van der Waals surface area contributed by atoms with Gasteiger partial charge in [0.15, 0.2) is 5.82 Å². The quantitative estimate of drug-likeness (QED) is 0.414. The summed E-state index contributed by atoms with van der Waals surface area (Å²) in [5.41, 5.74) is 2.91. The minimum absolute atomic E-state index is 0.00879. The number of carbonyl (C=O) groups excluding carboxylic acids is 1. The van der Waals surface area contributed by atoms with Crippen LogP contribution in [0.3, 0.4) is 0 Å². The number of aryl methyl sites for hydroxylation is 1. The Morgan fingerprint density at radius 2 is 1.84 bits per heavy atom. The van der Waals surface area contributed by atoms with Crippen molar-refractivity contribution >= 4 is 34.8 Å². The summed E-state index contributed by atoms with van der Waals surface area (Å²) in [5, 5.41) is 8.40. The van der Waals surface area contributed by atoms with Crippen molar-refractivity contribution in [3.8, 4) is 22.8 Å². The molecule has 0 saturated heterocycles. The Bertz CT molecular complexity index is 1270. The Hall–Kier alpha value is -3.35. The second kappa shape index (κ2) is 8.79. The molecule has 0 aliphatic carbocycles. The number of nitrogens with zero attached hydrogens (tertiary/aromatic N) is 3. The van der Waals surface area contributed by atoms with Crippen LogP contribution in [0.15, 0.2) is 66.7 Å². The van der Waals surface area contributed by atoms with Crippen LogP contribution in [0.25, 0.3) is 17.1 Å². The summed E-state index contributed by atoms with van der Waals surface area (Å²) in [7, 11) is 1.56. The standard InChI is InChI=1S/C23H18Cl2N4O2/c1-14-9-10-18(13-20(14)25)29-22(15-5-3-6-16(24)11-15)27-21(28-29)23(30)26-17-7-4-8-19(12-17)31-2/h3-13H,1-2H3,(H,26,30). The third-order valence-corrected chi connectivity index (χ3v) is 5.26. The number of ether oxygens (including phenoxy) is 1. The summed E-state index contributed by atoms with van der Waals surface area (Å²) < 4.78 is 6.78. The largest absolute Gasteiger partial charge is 0.497 e. The van der Waals surface area contributed by atoms with Gasteiger partial charge in [-0.2, -0.15) is 0 Å². The molecule has 0 saturated carbocycles.